The first kappa shape index (κ1) is 55.3. The van der Waals surface area contributed by atoms with Gasteiger partial charge in [0.25, 0.3) is 6.33 Å². The smallest absolute Gasteiger partial charge is 0.418 e. The van der Waals surface area contributed by atoms with E-state index in [-0.39, 0.29) is 61.8 Å². The van der Waals surface area contributed by atoms with Crippen LogP contribution in [0.15, 0.2) is 109 Å². The maximum absolute atomic E-state index is 15.6. The van der Waals surface area contributed by atoms with Crippen molar-refractivity contribution < 1.29 is 64.2 Å². The van der Waals surface area contributed by atoms with Crippen molar-refractivity contribution in [2.75, 3.05) is 61.1 Å². The van der Waals surface area contributed by atoms with E-state index in [9.17, 15) is 28.7 Å². The first-order chi connectivity index (χ1) is 35.5. The number of aromatic nitrogens is 7. The summed E-state index contributed by atoms with van der Waals surface area (Å²) in [5.74, 6) is -2.46. The van der Waals surface area contributed by atoms with Crippen LogP contribution in [0, 0.1) is 17.6 Å². The average molecular weight is 1060 g/mol. The van der Waals surface area contributed by atoms with Gasteiger partial charge in [-0.3, -0.25) is 14.5 Å². The number of aliphatic hydroxyl groups excluding tert-OH is 1. The molecule has 2 amide bonds. The van der Waals surface area contributed by atoms with Crippen molar-refractivity contribution in [3.05, 3.63) is 137 Å². The zero-order valence-corrected chi connectivity index (χ0v) is 42.7. The molecule has 2 fully saturated rings. The third kappa shape index (κ3) is 12.9. The zero-order chi connectivity index (χ0) is 52.7. The maximum Gasteiger partial charge on any atom is 0.418 e. The second kappa shape index (κ2) is 24.3. The van der Waals surface area contributed by atoms with E-state index in [2.05, 4.69) is 25.0 Å². The normalized spacial score (nSPS) is 18.1. The van der Waals surface area contributed by atoms with Gasteiger partial charge in [-0.1, -0.05) is 19.1 Å². The minimum Gasteiger partial charge on any atom is -1.00 e. The Hall–Kier alpha value is -7.47. The lowest BCUT2D eigenvalue weighted by molar-refractivity contribution is -0.753. The molecule has 6 atom stereocenters. The Morgan fingerprint density at radius 2 is 1.64 bits per heavy atom. The highest BCUT2D eigenvalue weighted by atomic mass is 35.5. The van der Waals surface area contributed by atoms with E-state index in [1.807, 2.05) is 55.5 Å². The Morgan fingerprint density at radius 3 is 2.28 bits per heavy atom. The Labute approximate surface area is 437 Å². The number of aliphatic hydroxyl groups is 1. The number of nitrogens with zero attached hydrogens (tertiary/aromatic N) is 10. The SMILES string of the molecule is CC[C@@H]([C@H](C)O)n1ncn(-c2ccc(N3CCN(c4ccc(OC[C@@H]5CO[C@@](Cn6c[n+](C(C)OC(=O)N(C)c7ncccc7COC(=O)[C@@H](N)CC(N)=O)cn6)(c6ccc(F)cc6F)C5)cc4)CC3)cc2)c1=O.[Cl-]. The number of anilines is 3. The summed E-state index contributed by atoms with van der Waals surface area (Å²) in [7, 11) is 1.43. The third-order valence-electron chi connectivity index (χ3n) is 13.3. The van der Waals surface area contributed by atoms with E-state index in [0.29, 0.717) is 29.8 Å². The third-order valence-corrected chi connectivity index (χ3v) is 13.3. The summed E-state index contributed by atoms with van der Waals surface area (Å²) in [4.78, 5) is 60.0. The minimum atomic E-state index is -1.26. The molecule has 24 heteroatoms. The summed E-state index contributed by atoms with van der Waals surface area (Å²) in [6, 6.07) is 20.6. The molecule has 2 aliphatic heterocycles. The van der Waals surface area contributed by atoms with E-state index in [1.54, 1.807) is 32.3 Å². The van der Waals surface area contributed by atoms with Crippen molar-refractivity contribution in [3.63, 3.8) is 0 Å². The number of ether oxygens (including phenoxy) is 4. The van der Waals surface area contributed by atoms with Gasteiger partial charge < -0.3 is 57.7 Å². The maximum atomic E-state index is 15.6. The van der Waals surface area contributed by atoms with Crippen LogP contribution in [0.1, 0.15) is 63.4 Å². The summed E-state index contributed by atoms with van der Waals surface area (Å²) in [6.07, 6.45) is 4.08. The van der Waals surface area contributed by atoms with Crippen LogP contribution >= 0.6 is 0 Å². The van der Waals surface area contributed by atoms with E-state index in [1.165, 1.54) is 56.5 Å². The topological polar surface area (TPSA) is 245 Å². The molecule has 21 nitrogen and oxygen atoms in total. The van der Waals surface area contributed by atoms with Gasteiger partial charge in [0.2, 0.25) is 18.5 Å². The fourth-order valence-electron chi connectivity index (χ4n) is 9.31. The highest BCUT2D eigenvalue weighted by molar-refractivity contribution is 5.87. The molecule has 400 valence electrons. The molecule has 2 aliphatic rings. The average Bonchev–Trinajstić information content (AvgIpc) is 4.15. The van der Waals surface area contributed by atoms with Crippen molar-refractivity contribution in [1.82, 2.24) is 29.1 Å². The Morgan fingerprint density at radius 1 is 0.973 bits per heavy atom. The van der Waals surface area contributed by atoms with Crippen LogP contribution in [0.25, 0.3) is 5.69 Å². The van der Waals surface area contributed by atoms with Crippen LogP contribution in [-0.2, 0) is 42.6 Å². The number of pyridine rings is 1. The predicted octanol–water partition coefficient (Wildman–Crippen LogP) is 0.902. The fraction of sp³-hybridized carbons (Fsp3) is 0.412. The number of carbonyl (C=O) groups is 3. The number of carbonyl (C=O) groups excluding carboxylic acids is 3. The molecule has 75 heavy (non-hydrogen) atoms. The fourth-order valence-corrected chi connectivity index (χ4v) is 9.31. The molecule has 3 aromatic heterocycles. The molecule has 0 aliphatic carbocycles. The van der Waals surface area contributed by atoms with E-state index >= 15 is 4.39 Å². The molecule has 0 spiro atoms. The van der Waals surface area contributed by atoms with Gasteiger partial charge >= 0.3 is 17.8 Å². The van der Waals surface area contributed by atoms with Crippen LogP contribution in [0.3, 0.4) is 0 Å². The number of hydrogen-bond donors (Lipinski definition) is 3. The van der Waals surface area contributed by atoms with Gasteiger partial charge in [0, 0.05) is 85.9 Å². The highest BCUT2D eigenvalue weighted by Crippen LogP contribution is 2.42. The number of primary amides is 1. The molecule has 2 saturated heterocycles. The molecule has 6 aromatic rings. The summed E-state index contributed by atoms with van der Waals surface area (Å²) in [5, 5.41) is 18.9. The standard InChI is InChI=1S/C51H60F2N12O9.ClH/c1-5-45(33(2)66)65-49(69)64(31-58-65)40-11-9-38(10-12-40)60-19-21-61(22-20-60)39-13-15-41(16-14-39)71-26-35-25-51(73-27-35,42-17-8-37(52)23-43(42)53)29-63-32-62(30-57-63)34(3)74-50(70)59(4)47-36(7-6-18-56-47)28-72-48(68)44(54)24-46(55)67;/h6-18,23,30-35,44-45,66H,5,19-22,24-29,54H2,1-4H3,(H-,55,67);1H/t33-,34?,35+,44-,45-,51-;/m0./s1. The first-order valence-electron chi connectivity index (χ1n) is 24.3. The van der Waals surface area contributed by atoms with Crippen LogP contribution in [-0.4, -0.2) is 111 Å². The zero-order valence-electron chi connectivity index (χ0n) is 42.0. The molecule has 3 aromatic carbocycles. The van der Waals surface area contributed by atoms with Crippen LogP contribution in [0.4, 0.5) is 30.8 Å². The second-order valence-electron chi connectivity index (χ2n) is 18.5. The molecule has 0 saturated carbocycles. The number of rotatable bonds is 20. The van der Waals surface area contributed by atoms with Gasteiger partial charge in [-0.2, -0.15) is 9.67 Å². The lowest BCUT2D eigenvalue weighted by atomic mass is 9.87. The lowest BCUT2D eigenvalue weighted by Gasteiger charge is -2.37. The quantitative estimate of drug-likeness (QED) is 0.0711. The van der Waals surface area contributed by atoms with Crippen molar-refractivity contribution >= 4 is 35.2 Å². The Bertz CT molecular complexity index is 2970. The van der Waals surface area contributed by atoms with Crippen molar-refractivity contribution in [2.24, 2.45) is 17.4 Å². The Balaban J connectivity index is 0.00000820. The summed E-state index contributed by atoms with van der Waals surface area (Å²) in [6.45, 7) is 8.58. The highest BCUT2D eigenvalue weighted by Gasteiger charge is 2.46. The van der Waals surface area contributed by atoms with Gasteiger partial charge in [-0.15, -0.1) is 4.68 Å². The monoisotopic (exact) mass is 1060 g/mol. The molecule has 0 bridgehead atoms. The number of piperazine rings is 1. The van der Waals surface area contributed by atoms with Crippen molar-refractivity contribution in [3.8, 4) is 11.4 Å². The molecule has 0 radical (unpaired) electrons. The summed E-state index contributed by atoms with van der Waals surface area (Å²) in [5.41, 5.74) is 12.6. The van der Waals surface area contributed by atoms with Gasteiger partial charge in [0.1, 0.15) is 54.3 Å². The molecular weight excluding hydrogens is 998 g/mol. The number of nitrogens with two attached hydrogens (primary N) is 2. The van der Waals surface area contributed by atoms with E-state index < -0.39 is 66.0 Å². The van der Waals surface area contributed by atoms with Crippen molar-refractivity contribution in [2.45, 2.75) is 83.2 Å². The molecule has 8 rings (SSSR count). The summed E-state index contributed by atoms with van der Waals surface area (Å²) >= 11 is 0. The molecular formula is C51H61ClF2N12O9. The second-order valence-corrected chi connectivity index (χ2v) is 18.5. The largest absolute Gasteiger partial charge is 1.00 e. The molecule has 5 heterocycles. The van der Waals surface area contributed by atoms with Gasteiger partial charge in [-0.05, 0) is 80.4 Å². The van der Waals surface area contributed by atoms with Gasteiger partial charge in [0.05, 0.1) is 37.5 Å². The van der Waals surface area contributed by atoms with Crippen LogP contribution < -0.4 is 53.6 Å². The van der Waals surface area contributed by atoms with Crippen LogP contribution in [0.5, 0.6) is 5.75 Å². The number of esters is 1. The predicted molar refractivity (Wildman–Crippen MR) is 265 cm³/mol. The number of halogens is 3. The molecule has 5 N–H and O–H groups in total. The number of benzene rings is 3. The van der Waals surface area contributed by atoms with Crippen LogP contribution in [0.2, 0.25) is 0 Å². The van der Waals surface area contributed by atoms with E-state index in [4.69, 9.17) is 30.4 Å². The molecule has 1 unspecified atom stereocenters. The first-order valence-corrected chi connectivity index (χ1v) is 24.3. The Kier molecular flexibility index (Phi) is 17.9. The van der Waals surface area contributed by atoms with Crippen molar-refractivity contribution in [1.29, 1.82) is 0 Å². The van der Waals surface area contributed by atoms with Gasteiger partial charge in [-0.25, -0.2) is 32.6 Å². The number of hydrogen-bond acceptors (Lipinski definition) is 15. The lowest BCUT2D eigenvalue weighted by Crippen LogP contribution is -3.00. The van der Waals surface area contributed by atoms with Gasteiger partial charge in [0.15, 0.2) is 0 Å². The van der Waals surface area contributed by atoms with E-state index in [0.717, 1.165) is 48.5 Å². The number of amides is 2. The summed E-state index contributed by atoms with van der Waals surface area (Å²) < 4.78 is 59.4. The minimum absolute atomic E-state index is 0.